The SMILES string of the molecule is O=C(NNC(=O)C1CCCCC1)c1c2c(nc3ccccc13)CCCC2. The molecule has 2 aliphatic carbocycles. The number of nitrogens with one attached hydrogen (secondary N) is 2. The highest BCUT2D eigenvalue weighted by Gasteiger charge is 2.24. The van der Waals surface area contributed by atoms with E-state index in [4.69, 9.17) is 4.98 Å². The molecule has 1 heterocycles. The number of para-hydroxylation sites is 1. The molecule has 0 saturated heterocycles. The third-order valence-corrected chi connectivity index (χ3v) is 5.67. The molecule has 0 bridgehead atoms. The second kappa shape index (κ2) is 7.44. The van der Waals surface area contributed by atoms with Gasteiger partial charge in [0, 0.05) is 17.0 Å². The summed E-state index contributed by atoms with van der Waals surface area (Å²) in [4.78, 5) is 30.1. The Morgan fingerprint density at radius 3 is 2.54 bits per heavy atom. The molecule has 1 aromatic heterocycles. The summed E-state index contributed by atoms with van der Waals surface area (Å²) >= 11 is 0. The molecule has 5 heteroatoms. The highest BCUT2D eigenvalue weighted by atomic mass is 16.2. The number of aryl methyl sites for hydroxylation is 1. The van der Waals surface area contributed by atoms with Gasteiger partial charge in [0.2, 0.25) is 5.91 Å². The first-order chi connectivity index (χ1) is 12.7. The quantitative estimate of drug-likeness (QED) is 0.814. The van der Waals surface area contributed by atoms with Crippen LogP contribution in [0.5, 0.6) is 0 Å². The van der Waals surface area contributed by atoms with Gasteiger partial charge in [0.15, 0.2) is 0 Å². The van der Waals surface area contributed by atoms with Crippen LogP contribution in [-0.4, -0.2) is 16.8 Å². The number of hydrogen-bond acceptors (Lipinski definition) is 3. The van der Waals surface area contributed by atoms with Crippen molar-refractivity contribution in [3.63, 3.8) is 0 Å². The van der Waals surface area contributed by atoms with Crippen LogP contribution in [0.3, 0.4) is 0 Å². The molecule has 0 atom stereocenters. The van der Waals surface area contributed by atoms with Crippen molar-refractivity contribution >= 4 is 22.7 Å². The van der Waals surface area contributed by atoms with E-state index in [2.05, 4.69) is 10.9 Å². The molecular formula is C21H25N3O2. The lowest BCUT2D eigenvalue weighted by Crippen LogP contribution is -2.45. The van der Waals surface area contributed by atoms with Crippen LogP contribution in [0.25, 0.3) is 10.9 Å². The topological polar surface area (TPSA) is 71.1 Å². The Morgan fingerprint density at radius 1 is 0.923 bits per heavy atom. The van der Waals surface area contributed by atoms with Crippen molar-refractivity contribution in [3.05, 3.63) is 41.1 Å². The van der Waals surface area contributed by atoms with Crippen molar-refractivity contribution in [1.82, 2.24) is 15.8 Å². The van der Waals surface area contributed by atoms with Crippen LogP contribution in [0.1, 0.15) is 66.6 Å². The Morgan fingerprint density at radius 2 is 1.69 bits per heavy atom. The largest absolute Gasteiger partial charge is 0.273 e. The minimum atomic E-state index is -0.231. The van der Waals surface area contributed by atoms with E-state index < -0.39 is 0 Å². The summed E-state index contributed by atoms with van der Waals surface area (Å²) in [5.74, 6) is -0.275. The summed E-state index contributed by atoms with van der Waals surface area (Å²) in [6, 6.07) is 7.75. The zero-order valence-corrected chi connectivity index (χ0v) is 15.0. The molecule has 0 aliphatic heterocycles. The Labute approximate surface area is 153 Å². The maximum Gasteiger partial charge on any atom is 0.270 e. The van der Waals surface area contributed by atoms with Crippen molar-refractivity contribution in [2.75, 3.05) is 0 Å². The van der Waals surface area contributed by atoms with Crippen LogP contribution >= 0.6 is 0 Å². The van der Waals surface area contributed by atoms with Gasteiger partial charge in [0.05, 0.1) is 11.1 Å². The number of carbonyl (C=O) groups excluding carboxylic acids is 2. The number of pyridine rings is 1. The molecule has 5 nitrogen and oxygen atoms in total. The maximum atomic E-state index is 13.0. The third-order valence-electron chi connectivity index (χ3n) is 5.67. The van der Waals surface area contributed by atoms with Crippen LogP contribution in [-0.2, 0) is 17.6 Å². The Balaban J connectivity index is 1.59. The summed E-state index contributed by atoms with van der Waals surface area (Å²) in [5, 5.41) is 0.859. The molecule has 0 unspecified atom stereocenters. The predicted octanol–water partition coefficient (Wildman–Crippen LogP) is 3.45. The van der Waals surface area contributed by atoms with Gasteiger partial charge in [-0.2, -0.15) is 0 Å². The van der Waals surface area contributed by atoms with Crippen molar-refractivity contribution in [2.24, 2.45) is 5.92 Å². The maximum absolute atomic E-state index is 13.0. The Bertz CT molecular complexity index is 841. The fourth-order valence-corrected chi connectivity index (χ4v) is 4.28. The van der Waals surface area contributed by atoms with E-state index in [0.29, 0.717) is 5.56 Å². The van der Waals surface area contributed by atoms with Gasteiger partial charge < -0.3 is 0 Å². The van der Waals surface area contributed by atoms with E-state index in [1.54, 1.807) is 0 Å². The number of fused-ring (bicyclic) bond motifs is 2. The van der Waals surface area contributed by atoms with Crippen LogP contribution in [0.2, 0.25) is 0 Å². The van der Waals surface area contributed by atoms with Gasteiger partial charge in [0.25, 0.3) is 5.91 Å². The van der Waals surface area contributed by atoms with E-state index in [1.165, 1.54) is 6.42 Å². The minimum Gasteiger partial charge on any atom is -0.273 e. The predicted molar refractivity (Wildman–Crippen MR) is 101 cm³/mol. The Hall–Kier alpha value is -2.43. The summed E-state index contributed by atoms with van der Waals surface area (Å²) < 4.78 is 0. The third kappa shape index (κ3) is 3.30. The lowest BCUT2D eigenvalue weighted by Gasteiger charge is -2.22. The highest BCUT2D eigenvalue weighted by molar-refractivity contribution is 6.08. The first kappa shape index (κ1) is 17.0. The lowest BCUT2D eigenvalue weighted by atomic mass is 9.89. The number of hydrogen-bond donors (Lipinski definition) is 2. The number of aromatic nitrogens is 1. The molecule has 136 valence electrons. The number of nitrogens with zero attached hydrogens (tertiary/aromatic N) is 1. The standard InChI is InChI=1S/C21H25N3O2/c25-20(14-8-2-1-3-9-14)23-24-21(26)19-15-10-4-6-12-17(15)22-18-13-7-5-11-16(18)19/h4,6,10,12,14H,1-3,5,7-9,11,13H2,(H,23,25)(H,24,26). The molecule has 26 heavy (non-hydrogen) atoms. The average Bonchev–Trinajstić information content (AvgIpc) is 2.70. The molecule has 0 radical (unpaired) electrons. The molecular weight excluding hydrogens is 326 g/mol. The van der Waals surface area contributed by atoms with E-state index in [9.17, 15) is 9.59 Å². The summed E-state index contributed by atoms with van der Waals surface area (Å²) in [5.41, 5.74) is 8.92. The first-order valence-corrected chi connectivity index (χ1v) is 9.75. The number of amides is 2. The summed E-state index contributed by atoms with van der Waals surface area (Å²) in [6.45, 7) is 0. The van der Waals surface area contributed by atoms with E-state index in [1.807, 2.05) is 24.3 Å². The van der Waals surface area contributed by atoms with Crippen molar-refractivity contribution < 1.29 is 9.59 Å². The van der Waals surface area contributed by atoms with Crippen LogP contribution in [0, 0.1) is 5.92 Å². The number of benzene rings is 1. The van der Waals surface area contributed by atoms with Crippen LogP contribution < -0.4 is 10.9 Å². The normalized spacial score (nSPS) is 17.5. The lowest BCUT2D eigenvalue weighted by molar-refractivity contribution is -0.126. The molecule has 1 saturated carbocycles. The molecule has 2 amide bonds. The first-order valence-electron chi connectivity index (χ1n) is 9.75. The van der Waals surface area contributed by atoms with E-state index in [0.717, 1.165) is 73.5 Å². The van der Waals surface area contributed by atoms with Crippen LogP contribution in [0.15, 0.2) is 24.3 Å². The van der Waals surface area contributed by atoms with Gasteiger partial charge in [-0.3, -0.25) is 25.4 Å². The smallest absolute Gasteiger partial charge is 0.270 e. The molecule has 2 N–H and O–H groups in total. The fourth-order valence-electron chi connectivity index (χ4n) is 4.28. The zero-order valence-electron chi connectivity index (χ0n) is 15.0. The van der Waals surface area contributed by atoms with Crippen molar-refractivity contribution in [2.45, 2.75) is 57.8 Å². The number of rotatable bonds is 2. The number of carbonyl (C=O) groups is 2. The summed E-state index contributed by atoms with van der Waals surface area (Å²) in [7, 11) is 0. The minimum absolute atomic E-state index is 0.0205. The zero-order chi connectivity index (χ0) is 17.9. The Kier molecular flexibility index (Phi) is 4.87. The molecule has 4 rings (SSSR count). The molecule has 2 aromatic rings. The monoisotopic (exact) mass is 351 g/mol. The molecule has 1 aromatic carbocycles. The molecule has 2 aliphatic rings. The van der Waals surface area contributed by atoms with Gasteiger partial charge in [-0.25, -0.2) is 0 Å². The van der Waals surface area contributed by atoms with Gasteiger partial charge in [0.1, 0.15) is 0 Å². The van der Waals surface area contributed by atoms with E-state index in [-0.39, 0.29) is 17.7 Å². The number of hydrazine groups is 1. The second-order valence-electron chi connectivity index (χ2n) is 7.41. The second-order valence-corrected chi connectivity index (χ2v) is 7.41. The van der Waals surface area contributed by atoms with E-state index >= 15 is 0 Å². The fraction of sp³-hybridized carbons (Fsp3) is 0.476. The van der Waals surface area contributed by atoms with Crippen molar-refractivity contribution in [1.29, 1.82) is 0 Å². The van der Waals surface area contributed by atoms with Gasteiger partial charge in [-0.05, 0) is 50.2 Å². The highest BCUT2D eigenvalue weighted by Crippen LogP contribution is 2.29. The molecule has 0 spiro atoms. The van der Waals surface area contributed by atoms with Crippen LogP contribution in [0.4, 0.5) is 0 Å². The average molecular weight is 351 g/mol. The molecule has 1 fully saturated rings. The van der Waals surface area contributed by atoms with Gasteiger partial charge in [-0.1, -0.05) is 37.5 Å². The summed E-state index contributed by atoms with van der Waals surface area (Å²) in [6.07, 6.45) is 9.17. The van der Waals surface area contributed by atoms with Gasteiger partial charge in [-0.15, -0.1) is 0 Å². The van der Waals surface area contributed by atoms with Crippen molar-refractivity contribution in [3.8, 4) is 0 Å². The van der Waals surface area contributed by atoms with Gasteiger partial charge >= 0.3 is 0 Å².